The fourth-order valence-corrected chi connectivity index (χ4v) is 4.03. The molecule has 6 nitrogen and oxygen atoms in total. The minimum absolute atomic E-state index is 0.102. The summed E-state index contributed by atoms with van der Waals surface area (Å²) in [5, 5.41) is 2.89. The lowest BCUT2D eigenvalue weighted by molar-refractivity contribution is -0.0292. The van der Waals surface area contributed by atoms with Crippen LogP contribution in [0.5, 0.6) is 0 Å². The van der Waals surface area contributed by atoms with E-state index in [9.17, 15) is 9.59 Å². The molecule has 1 aromatic heterocycles. The number of carbonyl (C=O) groups excluding carboxylic acids is 1. The molecule has 1 saturated heterocycles. The third kappa shape index (κ3) is 5.72. The van der Waals surface area contributed by atoms with Crippen LogP contribution < -0.4 is 10.9 Å². The summed E-state index contributed by atoms with van der Waals surface area (Å²) in [5.74, 6) is -0.364. The van der Waals surface area contributed by atoms with E-state index < -0.39 is 0 Å². The van der Waals surface area contributed by atoms with Crippen molar-refractivity contribution < 1.29 is 9.53 Å². The molecule has 0 bridgehead atoms. The number of hydrogen-bond acceptors (Lipinski definition) is 4. The van der Waals surface area contributed by atoms with E-state index in [-0.39, 0.29) is 23.1 Å². The fourth-order valence-electron chi connectivity index (χ4n) is 4.03. The molecule has 1 aliphatic heterocycles. The molecule has 6 heteroatoms. The van der Waals surface area contributed by atoms with Gasteiger partial charge in [0.1, 0.15) is 5.56 Å². The number of carbonyl (C=O) groups is 1. The Hall–Kier alpha value is -3.22. The van der Waals surface area contributed by atoms with Crippen molar-refractivity contribution in [3.05, 3.63) is 106 Å². The van der Waals surface area contributed by atoms with Gasteiger partial charge < -0.3 is 14.6 Å². The molecule has 1 amide bonds. The third-order valence-corrected chi connectivity index (χ3v) is 5.66. The lowest BCUT2D eigenvalue weighted by Crippen LogP contribution is -2.47. The molecule has 3 aromatic rings. The molecule has 0 spiro atoms. The van der Waals surface area contributed by atoms with Gasteiger partial charge in [-0.25, -0.2) is 0 Å². The molecule has 2 aromatic carbocycles. The van der Waals surface area contributed by atoms with Crippen molar-refractivity contribution in [1.29, 1.82) is 0 Å². The highest BCUT2D eigenvalue weighted by molar-refractivity contribution is 5.93. The Labute approximate surface area is 188 Å². The first kappa shape index (κ1) is 22.0. The molecule has 2 heterocycles. The second-order valence-corrected chi connectivity index (χ2v) is 8.27. The summed E-state index contributed by atoms with van der Waals surface area (Å²) >= 11 is 0. The minimum Gasteiger partial charge on any atom is -0.374 e. The Morgan fingerprint density at radius 3 is 2.66 bits per heavy atom. The van der Waals surface area contributed by atoms with Crippen molar-refractivity contribution in [3.8, 4) is 0 Å². The predicted octanol–water partition coefficient (Wildman–Crippen LogP) is 2.84. The Morgan fingerprint density at radius 1 is 1.03 bits per heavy atom. The minimum atomic E-state index is -0.364. The topological polar surface area (TPSA) is 63.6 Å². The van der Waals surface area contributed by atoms with E-state index in [1.54, 1.807) is 22.9 Å². The summed E-state index contributed by atoms with van der Waals surface area (Å²) < 4.78 is 7.41. The quantitative estimate of drug-likeness (QED) is 0.625. The van der Waals surface area contributed by atoms with Gasteiger partial charge in [-0.1, -0.05) is 60.2 Å². The Bertz CT molecular complexity index is 1110. The first-order valence-electron chi connectivity index (χ1n) is 11.0. The smallest absolute Gasteiger partial charge is 0.263 e. The van der Waals surface area contributed by atoms with E-state index in [1.165, 1.54) is 5.56 Å². The summed E-state index contributed by atoms with van der Waals surface area (Å²) in [5.41, 5.74) is 3.28. The highest BCUT2D eigenvalue weighted by atomic mass is 16.5. The average Bonchev–Trinajstić information content (AvgIpc) is 2.80. The molecular formula is C26H29N3O3. The predicted molar refractivity (Wildman–Crippen MR) is 125 cm³/mol. The van der Waals surface area contributed by atoms with Gasteiger partial charge in [-0.15, -0.1) is 0 Å². The number of morpholine rings is 1. The first-order chi connectivity index (χ1) is 15.6. The number of aryl methyl sites for hydroxylation is 1. The number of nitrogens with one attached hydrogen (secondary N) is 1. The van der Waals surface area contributed by atoms with Gasteiger partial charge in [0.25, 0.3) is 11.5 Å². The van der Waals surface area contributed by atoms with Gasteiger partial charge in [0.05, 0.1) is 19.3 Å². The molecular weight excluding hydrogens is 402 g/mol. The van der Waals surface area contributed by atoms with E-state index >= 15 is 0 Å². The average molecular weight is 432 g/mol. The molecule has 0 aliphatic carbocycles. The maximum atomic E-state index is 12.9. The maximum absolute atomic E-state index is 12.9. The molecule has 1 unspecified atom stereocenters. The van der Waals surface area contributed by atoms with Crippen molar-refractivity contribution in [2.75, 3.05) is 26.2 Å². The summed E-state index contributed by atoms with van der Waals surface area (Å²) in [6.45, 7) is 5.91. The van der Waals surface area contributed by atoms with E-state index in [4.69, 9.17) is 4.74 Å². The lowest BCUT2D eigenvalue weighted by atomic mass is 10.1. The monoisotopic (exact) mass is 431 g/mol. The van der Waals surface area contributed by atoms with Gasteiger partial charge in [-0.2, -0.15) is 0 Å². The number of aromatic nitrogens is 1. The zero-order valence-corrected chi connectivity index (χ0v) is 18.4. The summed E-state index contributed by atoms with van der Waals surface area (Å²) in [7, 11) is 0. The zero-order chi connectivity index (χ0) is 22.3. The molecule has 1 aliphatic rings. The SMILES string of the molecule is Cc1cccc(Cn2cccc(C(=O)NCC3CN(Cc4ccccc4)CCO3)c2=O)c1. The molecule has 4 rings (SSSR count). The standard InChI is InChI=1S/C26H29N3O3/c1-20-7-5-10-22(15-20)18-29-12-6-11-24(26(29)31)25(30)27-16-23-19-28(13-14-32-23)17-21-8-3-2-4-9-21/h2-12,15,23H,13-14,16-19H2,1H3,(H,27,30). The van der Waals surface area contributed by atoms with Crippen molar-refractivity contribution in [3.63, 3.8) is 0 Å². The van der Waals surface area contributed by atoms with E-state index in [2.05, 4.69) is 22.3 Å². The fraction of sp³-hybridized carbons (Fsp3) is 0.308. The van der Waals surface area contributed by atoms with Crippen LogP contribution in [0.1, 0.15) is 27.0 Å². The van der Waals surface area contributed by atoms with Crippen LogP contribution in [0.15, 0.2) is 77.7 Å². The van der Waals surface area contributed by atoms with Crippen LogP contribution in [0.4, 0.5) is 0 Å². The first-order valence-corrected chi connectivity index (χ1v) is 11.0. The van der Waals surface area contributed by atoms with Crippen LogP contribution in [-0.4, -0.2) is 47.7 Å². The Balaban J connectivity index is 1.35. The van der Waals surface area contributed by atoms with Crippen molar-refractivity contribution >= 4 is 5.91 Å². The van der Waals surface area contributed by atoms with Crippen LogP contribution in [-0.2, 0) is 17.8 Å². The van der Waals surface area contributed by atoms with Gasteiger partial charge in [0.2, 0.25) is 0 Å². The van der Waals surface area contributed by atoms with E-state index in [1.807, 2.05) is 49.4 Å². The van der Waals surface area contributed by atoms with E-state index in [0.29, 0.717) is 19.7 Å². The summed E-state index contributed by atoms with van der Waals surface area (Å²) in [4.78, 5) is 27.9. The zero-order valence-electron chi connectivity index (χ0n) is 18.4. The summed E-state index contributed by atoms with van der Waals surface area (Å²) in [6, 6.07) is 21.7. The number of rotatable bonds is 7. The molecule has 1 N–H and O–H groups in total. The number of amides is 1. The second kappa shape index (κ2) is 10.4. The highest BCUT2D eigenvalue weighted by Gasteiger charge is 2.22. The van der Waals surface area contributed by atoms with Crippen molar-refractivity contribution in [2.24, 2.45) is 0 Å². The van der Waals surface area contributed by atoms with E-state index in [0.717, 1.165) is 30.8 Å². The van der Waals surface area contributed by atoms with Crippen LogP contribution >= 0.6 is 0 Å². The van der Waals surface area contributed by atoms with Crippen molar-refractivity contribution in [2.45, 2.75) is 26.1 Å². The van der Waals surface area contributed by atoms with Crippen LogP contribution in [0, 0.1) is 6.92 Å². The Morgan fingerprint density at radius 2 is 1.84 bits per heavy atom. The third-order valence-electron chi connectivity index (χ3n) is 5.66. The molecule has 1 atom stereocenters. The maximum Gasteiger partial charge on any atom is 0.263 e. The van der Waals surface area contributed by atoms with Crippen LogP contribution in [0.25, 0.3) is 0 Å². The molecule has 1 fully saturated rings. The largest absolute Gasteiger partial charge is 0.374 e. The molecule has 166 valence electrons. The number of nitrogens with zero attached hydrogens (tertiary/aromatic N) is 2. The lowest BCUT2D eigenvalue weighted by Gasteiger charge is -2.33. The highest BCUT2D eigenvalue weighted by Crippen LogP contribution is 2.10. The number of benzene rings is 2. The van der Waals surface area contributed by atoms with Gasteiger partial charge in [-0.05, 0) is 30.2 Å². The van der Waals surface area contributed by atoms with Gasteiger partial charge in [0.15, 0.2) is 0 Å². The van der Waals surface area contributed by atoms with Crippen LogP contribution in [0.2, 0.25) is 0 Å². The normalized spacial score (nSPS) is 16.6. The second-order valence-electron chi connectivity index (χ2n) is 8.27. The van der Waals surface area contributed by atoms with Crippen LogP contribution in [0.3, 0.4) is 0 Å². The van der Waals surface area contributed by atoms with Gasteiger partial charge in [0, 0.05) is 32.4 Å². The number of pyridine rings is 1. The Kier molecular flexibility index (Phi) is 7.14. The molecule has 0 saturated carbocycles. The number of ether oxygens (including phenoxy) is 1. The molecule has 0 radical (unpaired) electrons. The van der Waals surface area contributed by atoms with Gasteiger partial charge >= 0.3 is 0 Å². The summed E-state index contributed by atoms with van der Waals surface area (Å²) in [6.07, 6.45) is 1.61. The number of hydrogen-bond donors (Lipinski definition) is 1. The molecule has 32 heavy (non-hydrogen) atoms. The van der Waals surface area contributed by atoms with Crippen molar-refractivity contribution in [1.82, 2.24) is 14.8 Å². The van der Waals surface area contributed by atoms with Gasteiger partial charge in [-0.3, -0.25) is 14.5 Å².